The van der Waals surface area contributed by atoms with Crippen LogP contribution in [0.15, 0.2) is 42.9 Å². The molecular formula is C15H12N5+. The van der Waals surface area contributed by atoms with E-state index >= 15 is 0 Å². The zero-order chi connectivity index (χ0) is 15.8. The first-order valence-electron chi connectivity index (χ1n) is 7.90. The zero-order valence-electron chi connectivity index (χ0n) is 13.5. The molecular weight excluding hydrogens is 250 g/mol. The lowest BCUT2D eigenvalue weighted by atomic mass is 10.2. The number of imidazole rings is 1. The predicted molar refractivity (Wildman–Crippen MR) is 74.2 cm³/mol. The van der Waals surface area contributed by atoms with Crippen molar-refractivity contribution in [1.82, 2.24) is 19.2 Å². The van der Waals surface area contributed by atoms with Gasteiger partial charge in [-0.3, -0.25) is 4.98 Å². The van der Waals surface area contributed by atoms with Gasteiger partial charge in [0, 0.05) is 24.0 Å². The molecule has 5 rings (SSSR count). The quantitative estimate of drug-likeness (QED) is 0.398. The summed E-state index contributed by atoms with van der Waals surface area (Å²) >= 11 is 0. The summed E-state index contributed by atoms with van der Waals surface area (Å²) in [7, 11) is 0. The lowest BCUT2D eigenvalue weighted by Crippen LogP contribution is -2.31. The van der Waals surface area contributed by atoms with E-state index in [1.165, 1.54) is 4.57 Å². The largest absolute Gasteiger partial charge is 0.292 e. The molecule has 4 aromatic rings. The molecule has 5 nitrogen and oxygen atoms in total. The Kier molecular flexibility index (Phi) is 1.27. The van der Waals surface area contributed by atoms with Gasteiger partial charge in [-0.1, -0.05) is 0 Å². The molecule has 0 N–H and O–H groups in total. The van der Waals surface area contributed by atoms with E-state index in [4.69, 9.17) is 4.11 Å². The number of aromatic nitrogens is 5. The van der Waals surface area contributed by atoms with Crippen molar-refractivity contribution in [1.29, 1.82) is 0 Å². The van der Waals surface area contributed by atoms with Crippen LogP contribution in [0.5, 0.6) is 0 Å². The van der Waals surface area contributed by atoms with E-state index in [9.17, 15) is 0 Å². The van der Waals surface area contributed by atoms with Crippen LogP contribution in [0.1, 0.15) is 9.68 Å². The topological polar surface area (TPSA) is 39.0 Å². The summed E-state index contributed by atoms with van der Waals surface area (Å²) in [6.07, 6.45) is 5.16. The molecule has 96 valence electrons. The minimum absolute atomic E-state index is 0.595. The first-order valence-corrected chi connectivity index (χ1v) is 6.40. The maximum Gasteiger partial charge on any atom is 0.292 e. The van der Waals surface area contributed by atoms with Gasteiger partial charge < -0.3 is 0 Å². The average Bonchev–Trinajstić information content (AvgIpc) is 3.13. The van der Waals surface area contributed by atoms with Gasteiger partial charge in [0.2, 0.25) is 5.82 Å². The van der Waals surface area contributed by atoms with Crippen molar-refractivity contribution in [3.63, 3.8) is 0 Å². The highest BCUT2D eigenvalue weighted by molar-refractivity contribution is 5.83. The van der Waals surface area contributed by atoms with E-state index in [1.54, 1.807) is 23.1 Å². The Hall–Kier alpha value is -2.69. The van der Waals surface area contributed by atoms with Gasteiger partial charge in [-0.2, -0.15) is 0 Å². The molecule has 0 radical (unpaired) electrons. The molecule has 0 aromatic carbocycles. The predicted octanol–water partition coefficient (Wildman–Crippen LogP) is 1.54. The van der Waals surface area contributed by atoms with Crippen molar-refractivity contribution in [3.8, 4) is 11.4 Å². The van der Waals surface area contributed by atoms with Gasteiger partial charge in [0.25, 0.3) is 5.65 Å². The van der Waals surface area contributed by atoms with Gasteiger partial charge in [0.1, 0.15) is 5.52 Å². The van der Waals surface area contributed by atoms with Crippen LogP contribution in [-0.4, -0.2) is 19.2 Å². The standard InChI is InChI=1S/C15H12N5/c1-18-14-12-4-6-16-8-10(12)9-19(14)13-7-11-3-2-5-17-20(11)15(13)18/h2-8H,9H2,1H3/q+1/i1D3. The summed E-state index contributed by atoms with van der Waals surface area (Å²) in [6.45, 7) is -1.68. The van der Waals surface area contributed by atoms with Gasteiger partial charge in [0.15, 0.2) is 5.52 Å². The first-order chi connectivity index (χ1) is 11.1. The number of hydrogen-bond acceptors (Lipinski definition) is 2. The van der Waals surface area contributed by atoms with E-state index in [0.717, 1.165) is 22.2 Å². The van der Waals surface area contributed by atoms with E-state index in [0.29, 0.717) is 18.0 Å². The SMILES string of the molecule is [2H]C([2H])([2H])[n+]1c2n(c3cc4cccnn4c31)Cc1cnccc1-2. The Morgan fingerprint density at radius 1 is 1.35 bits per heavy atom. The van der Waals surface area contributed by atoms with Crippen LogP contribution >= 0.6 is 0 Å². The molecule has 0 fully saturated rings. The summed E-state index contributed by atoms with van der Waals surface area (Å²) in [6, 6.07) is 7.62. The van der Waals surface area contributed by atoms with Gasteiger partial charge in [-0.25, -0.2) is 9.13 Å². The van der Waals surface area contributed by atoms with Crippen LogP contribution in [0.25, 0.3) is 28.1 Å². The van der Waals surface area contributed by atoms with Crippen molar-refractivity contribution in [2.45, 2.75) is 6.54 Å². The van der Waals surface area contributed by atoms with Crippen LogP contribution < -0.4 is 4.57 Å². The highest BCUT2D eigenvalue weighted by Crippen LogP contribution is 2.33. The summed E-state index contributed by atoms with van der Waals surface area (Å²) in [5, 5.41) is 4.33. The Morgan fingerprint density at radius 2 is 2.35 bits per heavy atom. The second-order valence-corrected chi connectivity index (χ2v) is 4.99. The van der Waals surface area contributed by atoms with E-state index in [2.05, 4.69) is 10.1 Å². The highest BCUT2D eigenvalue weighted by atomic mass is 15.3. The van der Waals surface area contributed by atoms with Gasteiger partial charge >= 0.3 is 0 Å². The molecule has 0 aliphatic carbocycles. The summed E-state index contributed by atoms with van der Waals surface area (Å²) in [5.74, 6) is 0.687. The summed E-state index contributed by atoms with van der Waals surface area (Å²) in [5.41, 5.74) is 4.28. The molecule has 4 aromatic heterocycles. The molecule has 5 heterocycles. The van der Waals surface area contributed by atoms with Crippen molar-refractivity contribution in [2.75, 3.05) is 0 Å². The number of nitrogens with zero attached hydrogens (tertiary/aromatic N) is 5. The third kappa shape index (κ3) is 1.02. The van der Waals surface area contributed by atoms with Crippen molar-refractivity contribution in [3.05, 3.63) is 48.4 Å². The molecule has 0 saturated carbocycles. The third-order valence-corrected chi connectivity index (χ3v) is 3.94. The minimum Gasteiger partial charge on any atom is -0.264 e. The number of fused-ring (bicyclic) bond motifs is 7. The highest BCUT2D eigenvalue weighted by Gasteiger charge is 2.32. The first kappa shape index (κ1) is 7.79. The minimum atomic E-state index is -2.30. The second kappa shape index (κ2) is 3.25. The third-order valence-electron chi connectivity index (χ3n) is 3.94. The molecule has 0 atom stereocenters. The van der Waals surface area contributed by atoms with Gasteiger partial charge in [-0.05, 0) is 18.2 Å². The summed E-state index contributed by atoms with van der Waals surface area (Å²) in [4.78, 5) is 4.15. The van der Waals surface area contributed by atoms with Crippen LogP contribution in [0, 0.1) is 0 Å². The lowest BCUT2D eigenvalue weighted by molar-refractivity contribution is -0.636. The lowest BCUT2D eigenvalue weighted by Gasteiger charge is -1.96. The fraction of sp³-hybridized carbons (Fsp3) is 0.133. The van der Waals surface area contributed by atoms with Crippen molar-refractivity contribution < 1.29 is 8.68 Å². The number of pyridine rings is 1. The van der Waals surface area contributed by atoms with Crippen molar-refractivity contribution in [2.24, 2.45) is 6.98 Å². The molecule has 20 heavy (non-hydrogen) atoms. The fourth-order valence-electron chi connectivity index (χ4n) is 3.09. The summed E-state index contributed by atoms with van der Waals surface area (Å²) < 4.78 is 29.2. The average molecular weight is 265 g/mol. The molecule has 5 heteroatoms. The maximum atomic E-state index is 8.02. The number of aryl methyl sites for hydroxylation is 1. The molecule has 0 saturated heterocycles. The smallest absolute Gasteiger partial charge is 0.264 e. The molecule has 1 aliphatic rings. The molecule has 0 bridgehead atoms. The normalized spacial score (nSPS) is 15.9. The number of rotatable bonds is 0. The van der Waals surface area contributed by atoms with Crippen LogP contribution in [-0.2, 0) is 13.5 Å². The fourth-order valence-corrected chi connectivity index (χ4v) is 3.09. The second-order valence-electron chi connectivity index (χ2n) is 4.99. The van der Waals surface area contributed by atoms with E-state index in [1.807, 2.05) is 28.8 Å². The Morgan fingerprint density at radius 3 is 3.30 bits per heavy atom. The van der Waals surface area contributed by atoms with E-state index < -0.39 is 6.98 Å². The Bertz CT molecular complexity index is 1090. The molecule has 0 spiro atoms. The Labute approximate surface area is 118 Å². The number of hydrogen-bond donors (Lipinski definition) is 0. The van der Waals surface area contributed by atoms with Crippen molar-refractivity contribution >= 4 is 16.7 Å². The molecule has 0 unspecified atom stereocenters. The molecule has 0 amide bonds. The van der Waals surface area contributed by atoms with Gasteiger partial charge in [0.05, 0.1) is 29.4 Å². The monoisotopic (exact) mass is 265 g/mol. The molecule has 1 aliphatic heterocycles. The Balaban J connectivity index is 2.01. The van der Waals surface area contributed by atoms with Crippen LogP contribution in [0.4, 0.5) is 0 Å². The maximum absolute atomic E-state index is 8.02. The van der Waals surface area contributed by atoms with E-state index in [-0.39, 0.29) is 0 Å². The van der Waals surface area contributed by atoms with Crippen LogP contribution in [0.2, 0.25) is 0 Å². The van der Waals surface area contributed by atoms with Gasteiger partial charge in [-0.15, -0.1) is 9.61 Å². The zero-order valence-corrected chi connectivity index (χ0v) is 10.5. The van der Waals surface area contributed by atoms with Crippen LogP contribution in [0.3, 0.4) is 0 Å².